The molecule has 3 rings (SSSR count). The van der Waals surface area contributed by atoms with E-state index >= 15 is 0 Å². The average Bonchev–Trinajstić information content (AvgIpc) is 2.92. The summed E-state index contributed by atoms with van der Waals surface area (Å²) in [5.41, 5.74) is 1.29. The van der Waals surface area contributed by atoms with Crippen molar-refractivity contribution in [2.24, 2.45) is 0 Å². The van der Waals surface area contributed by atoms with Gasteiger partial charge in [0.05, 0.1) is 23.5 Å². The summed E-state index contributed by atoms with van der Waals surface area (Å²) in [4.78, 5) is 40.2. The van der Waals surface area contributed by atoms with Crippen LogP contribution >= 0.6 is 0 Å². The number of rotatable bonds is 5. The van der Waals surface area contributed by atoms with Crippen molar-refractivity contribution in [2.75, 3.05) is 6.54 Å². The van der Waals surface area contributed by atoms with Crippen molar-refractivity contribution in [3.8, 4) is 5.69 Å². The number of amides is 1. The van der Waals surface area contributed by atoms with E-state index < -0.39 is 11.9 Å². The predicted molar refractivity (Wildman–Crippen MR) is 82.1 cm³/mol. The highest BCUT2D eigenvalue weighted by atomic mass is 16.4. The summed E-state index contributed by atoms with van der Waals surface area (Å²) in [7, 11) is 0. The van der Waals surface area contributed by atoms with Crippen molar-refractivity contribution in [1.82, 2.24) is 14.5 Å². The molecule has 124 valence electrons. The van der Waals surface area contributed by atoms with Crippen LogP contribution in [0.15, 0.2) is 30.6 Å². The van der Waals surface area contributed by atoms with Crippen molar-refractivity contribution in [2.45, 2.75) is 19.4 Å². The van der Waals surface area contributed by atoms with E-state index in [2.05, 4.69) is 4.98 Å². The molecule has 2 heterocycles. The van der Waals surface area contributed by atoms with E-state index in [0.29, 0.717) is 23.4 Å². The Labute approximate surface area is 137 Å². The molecule has 2 N–H and O–H groups in total. The Balaban J connectivity index is 2.04. The van der Waals surface area contributed by atoms with E-state index in [9.17, 15) is 19.5 Å². The molecule has 1 aliphatic heterocycles. The Hall–Kier alpha value is -3.16. The van der Waals surface area contributed by atoms with Crippen molar-refractivity contribution in [3.63, 3.8) is 0 Å². The summed E-state index contributed by atoms with van der Waals surface area (Å²) in [5.74, 6) is -2.36. The second-order valence-corrected chi connectivity index (χ2v) is 5.46. The maximum absolute atomic E-state index is 12.8. The van der Waals surface area contributed by atoms with E-state index in [1.165, 1.54) is 11.2 Å². The molecule has 1 aromatic heterocycles. The number of aromatic carboxylic acids is 1. The maximum atomic E-state index is 12.8. The number of aliphatic carboxylic acids is 1. The minimum Gasteiger partial charge on any atom is -0.481 e. The lowest BCUT2D eigenvalue weighted by Crippen LogP contribution is -2.31. The zero-order valence-corrected chi connectivity index (χ0v) is 12.7. The van der Waals surface area contributed by atoms with Crippen molar-refractivity contribution in [3.05, 3.63) is 47.5 Å². The second kappa shape index (κ2) is 6.15. The molecule has 0 spiro atoms. The maximum Gasteiger partial charge on any atom is 0.356 e. The normalized spacial score (nSPS) is 13.2. The smallest absolute Gasteiger partial charge is 0.356 e. The minimum absolute atomic E-state index is 0.0591. The van der Waals surface area contributed by atoms with Crippen LogP contribution in [0.25, 0.3) is 5.69 Å². The van der Waals surface area contributed by atoms with Crippen LogP contribution in [0.2, 0.25) is 0 Å². The van der Waals surface area contributed by atoms with Crippen LogP contribution in [0.3, 0.4) is 0 Å². The monoisotopic (exact) mass is 329 g/mol. The van der Waals surface area contributed by atoms with Crippen molar-refractivity contribution >= 4 is 17.8 Å². The van der Waals surface area contributed by atoms with Crippen LogP contribution in [0, 0.1) is 0 Å². The molecule has 24 heavy (non-hydrogen) atoms. The largest absolute Gasteiger partial charge is 0.481 e. The number of carboxylic acids is 2. The number of carbonyl (C=O) groups is 3. The number of imidazole rings is 1. The number of benzene rings is 1. The van der Waals surface area contributed by atoms with Gasteiger partial charge in [-0.25, -0.2) is 9.78 Å². The first-order valence-electron chi connectivity index (χ1n) is 7.39. The minimum atomic E-state index is -1.17. The SMILES string of the molecule is O=C(O)CCCN1Cc2c(C(=O)O)ncn2-c2ccccc2C1=O. The first kappa shape index (κ1) is 15.7. The van der Waals surface area contributed by atoms with Gasteiger partial charge in [0.15, 0.2) is 5.69 Å². The molecule has 0 saturated heterocycles. The third-order valence-electron chi connectivity index (χ3n) is 3.91. The highest BCUT2D eigenvalue weighted by molar-refractivity contribution is 5.99. The molecule has 0 aliphatic carbocycles. The number of nitrogens with zero attached hydrogens (tertiary/aromatic N) is 3. The topological polar surface area (TPSA) is 113 Å². The molecule has 8 nitrogen and oxygen atoms in total. The summed E-state index contributed by atoms with van der Waals surface area (Å²) in [6.45, 7) is 0.290. The van der Waals surface area contributed by atoms with Crippen LogP contribution in [0.4, 0.5) is 0 Å². The van der Waals surface area contributed by atoms with Crippen LogP contribution < -0.4 is 0 Å². The highest BCUT2D eigenvalue weighted by Gasteiger charge is 2.29. The molecule has 1 aliphatic rings. The predicted octanol–water partition coefficient (Wildman–Crippen LogP) is 1.39. The fraction of sp³-hybridized carbons (Fsp3) is 0.250. The number of aromatic nitrogens is 2. The lowest BCUT2D eigenvalue weighted by Gasteiger charge is -2.20. The summed E-state index contributed by atoms with van der Waals surface area (Å²) >= 11 is 0. The summed E-state index contributed by atoms with van der Waals surface area (Å²) < 4.78 is 1.61. The quantitative estimate of drug-likeness (QED) is 0.857. The first-order valence-corrected chi connectivity index (χ1v) is 7.39. The third kappa shape index (κ3) is 2.73. The highest BCUT2D eigenvalue weighted by Crippen LogP contribution is 2.26. The van der Waals surface area contributed by atoms with E-state index in [1.54, 1.807) is 28.8 Å². The van der Waals surface area contributed by atoms with Crippen LogP contribution in [0.1, 0.15) is 39.4 Å². The molecule has 0 unspecified atom stereocenters. The van der Waals surface area contributed by atoms with Gasteiger partial charge in [0.25, 0.3) is 5.91 Å². The molecule has 2 aromatic rings. The Morgan fingerprint density at radius 3 is 2.67 bits per heavy atom. The zero-order valence-electron chi connectivity index (χ0n) is 12.7. The standard InChI is InChI=1S/C16H15N3O5/c20-13(21)6-3-7-18-8-12-14(16(23)24)17-9-19(12)11-5-2-1-4-10(11)15(18)22/h1-2,4-5,9H,3,6-8H2,(H,20,21)(H,23,24). The van der Waals surface area contributed by atoms with Crippen molar-refractivity contribution < 1.29 is 24.6 Å². The van der Waals surface area contributed by atoms with E-state index in [-0.39, 0.29) is 31.1 Å². The van der Waals surface area contributed by atoms with Gasteiger partial charge in [-0.2, -0.15) is 0 Å². The van der Waals surface area contributed by atoms with Gasteiger partial charge >= 0.3 is 11.9 Å². The Morgan fingerprint density at radius 2 is 1.96 bits per heavy atom. The van der Waals surface area contributed by atoms with Gasteiger partial charge in [-0.1, -0.05) is 12.1 Å². The Kier molecular flexibility index (Phi) is 4.03. The number of hydrogen-bond donors (Lipinski definition) is 2. The molecule has 1 amide bonds. The molecule has 1 aromatic carbocycles. The van der Waals surface area contributed by atoms with Gasteiger partial charge in [-0.3, -0.25) is 14.2 Å². The van der Waals surface area contributed by atoms with Crippen LogP contribution in [0.5, 0.6) is 0 Å². The Morgan fingerprint density at radius 1 is 1.21 bits per heavy atom. The number of hydrogen-bond acceptors (Lipinski definition) is 4. The third-order valence-corrected chi connectivity index (χ3v) is 3.91. The molecule has 0 fully saturated rings. The molecular formula is C16H15N3O5. The van der Waals surface area contributed by atoms with Gasteiger partial charge in [0.1, 0.15) is 6.33 Å². The van der Waals surface area contributed by atoms with E-state index in [0.717, 1.165) is 0 Å². The zero-order chi connectivity index (χ0) is 17.3. The number of fused-ring (bicyclic) bond motifs is 3. The number of carboxylic acid groups (broad SMARTS) is 2. The Bertz CT molecular complexity index is 827. The first-order chi connectivity index (χ1) is 11.5. The second-order valence-electron chi connectivity index (χ2n) is 5.46. The van der Waals surface area contributed by atoms with Crippen LogP contribution in [-0.2, 0) is 11.3 Å². The number of carbonyl (C=O) groups excluding carboxylic acids is 1. The average molecular weight is 329 g/mol. The molecule has 0 radical (unpaired) electrons. The fourth-order valence-electron chi connectivity index (χ4n) is 2.80. The van der Waals surface area contributed by atoms with Gasteiger partial charge < -0.3 is 15.1 Å². The lowest BCUT2D eigenvalue weighted by molar-refractivity contribution is -0.137. The van der Waals surface area contributed by atoms with Crippen LogP contribution in [-0.4, -0.2) is 49.1 Å². The lowest BCUT2D eigenvalue weighted by atomic mass is 10.1. The molecule has 0 saturated carbocycles. The van der Waals surface area contributed by atoms with Gasteiger partial charge in [-0.15, -0.1) is 0 Å². The summed E-state index contributed by atoms with van der Waals surface area (Å²) in [5, 5.41) is 18.1. The summed E-state index contributed by atoms with van der Waals surface area (Å²) in [6, 6.07) is 6.88. The van der Waals surface area contributed by atoms with Gasteiger partial charge in [0.2, 0.25) is 0 Å². The van der Waals surface area contributed by atoms with Crippen molar-refractivity contribution in [1.29, 1.82) is 0 Å². The fourth-order valence-corrected chi connectivity index (χ4v) is 2.80. The van der Waals surface area contributed by atoms with Gasteiger partial charge in [0, 0.05) is 13.0 Å². The van der Waals surface area contributed by atoms with E-state index in [1.807, 2.05) is 0 Å². The molecule has 0 atom stereocenters. The number of para-hydroxylation sites is 1. The molecule has 8 heteroatoms. The van der Waals surface area contributed by atoms with Gasteiger partial charge in [-0.05, 0) is 18.6 Å². The molecule has 0 bridgehead atoms. The summed E-state index contributed by atoms with van der Waals surface area (Å²) in [6.07, 6.45) is 1.63. The molecular weight excluding hydrogens is 314 g/mol. The van der Waals surface area contributed by atoms with E-state index in [4.69, 9.17) is 5.11 Å².